The second-order valence-electron chi connectivity index (χ2n) is 31.9. The van der Waals surface area contributed by atoms with Crippen LogP contribution in [-0.2, 0) is 33.3 Å². The summed E-state index contributed by atoms with van der Waals surface area (Å²) < 4.78 is 22.9. The number of hydrogen-bond donors (Lipinski definition) is 0. The molecule has 586 valence electrons. The van der Waals surface area contributed by atoms with Crippen LogP contribution >= 0.6 is 0 Å². The predicted molar refractivity (Wildman–Crippen MR) is 426 cm³/mol. The van der Waals surface area contributed by atoms with Gasteiger partial charge in [-0.05, 0) is 64.2 Å². The van der Waals surface area contributed by atoms with E-state index < -0.39 is 24.3 Å². The lowest BCUT2D eigenvalue weighted by Gasteiger charge is -2.26. The summed E-state index contributed by atoms with van der Waals surface area (Å²) in [5, 5.41) is 11.9. The van der Waals surface area contributed by atoms with Gasteiger partial charge < -0.3 is 33.3 Å². The molecule has 0 spiro atoms. The van der Waals surface area contributed by atoms with Gasteiger partial charge in [-0.25, -0.2) is 0 Å². The number of carboxylic acids is 1. The highest BCUT2D eigenvalue weighted by atomic mass is 16.7. The van der Waals surface area contributed by atoms with Crippen molar-refractivity contribution >= 4 is 17.9 Å². The zero-order valence-electron chi connectivity index (χ0n) is 67.4. The SMILES string of the molecule is CCCCCCCCCC/C=C\CCCCCCCCCCCCCCCCCCCCCCCCCCCCCCCC(=O)OC(COC(=O)CCCCCCCCCCCCCCCCCCCCCCC/C=C\CCCCCCCCCC)COC(OCC[N+](C)(C)C)C(=O)[O-]. The van der Waals surface area contributed by atoms with E-state index in [-0.39, 0.29) is 32.2 Å². The molecule has 0 aliphatic heterocycles. The molecule has 0 aromatic rings. The molecule has 9 nitrogen and oxygen atoms in total. The normalized spacial score (nSPS) is 12.6. The van der Waals surface area contributed by atoms with Crippen LogP contribution in [-0.4, -0.2) is 82.3 Å². The van der Waals surface area contributed by atoms with Gasteiger partial charge in [-0.2, -0.15) is 0 Å². The number of carbonyl (C=O) groups is 3. The molecule has 9 heteroatoms. The summed E-state index contributed by atoms with van der Waals surface area (Å²) in [6, 6.07) is 0. The van der Waals surface area contributed by atoms with Crippen LogP contribution in [0.4, 0.5) is 0 Å². The lowest BCUT2D eigenvalue weighted by Crippen LogP contribution is -2.44. The first-order valence-electron chi connectivity index (χ1n) is 44.5. The van der Waals surface area contributed by atoms with E-state index >= 15 is 0 Å². The van der Waals surface area contributed by atoms with Crippen LogP contribution in [0.25, 0.3) is 0 Å². The first kappa shape index (κ1) is 96.8. The van der Waals surface area contributed by atoms with Crippen LogP contribution in [0.15, 0.2) is 24.3 Å². The molecule has 0 aliphatic rings. The van der Waals surface area contributed by atoms with E-state index in [1.807, 2.05) is 21.1 Å². The Morgan fingerprint density at radius 2 is 0.515 bits per heavy atom. The maximum Gasteiger partial charge on any atom is 0.306 e. The lowest BCUT2D eigenvalue weighted by molar-refractivity contribution is -0.870. The molecule has 0 fully saturated rings. The van der Waals surface area contributed by atoms with E-state index in [4.69, 9.17) is 18.9 Å². The van der Waals surface area contributed by atoms with Crippen molar-refractivity contribution in [2.45, 2.75) is 489 Å². The quantitative estimate of drug-likeness (QED) is 0.0195. The number of carbonyl (C=O) groups excluding carboxylic acids is 3. The van der Waals surface area contributed by atoms with Gasteiger partial charge in [0.2, 0.25) is 0 Å². The molecule has 0 aromatic heterocycles. The topological polar surface area (TPSA) is 111 Å². The minimum absolute atomic E-state index is 0.152. The van der Waals surface area contributed by atoms with E-state index in [2.05, 4.69) is 38.2 Å². The van der Waals surface area contributed by atoms with Crippen LogP contribution in [0.3, 0.4) is 0 Å². The third kappa shape index (κ3) is 82.9. The van der Waals surface area contributed by atoms with Gasteiger partial charge in [-0.1, -0.05) is 423 Å². The fraction of sp³-hybridized carbons (Fsp3) is 0.922. The van der Waals surface area contributed by atoms with Crippen molar-refractivity contribution in [3.8, 4) is 0 Å². The van der Waals surface area contributed by atoms with Crippen molar-refractivity contribution in [1.82, 2.24) is 0 Å². The monoisotopic (exact) mass is 1400 g/mol. The Morgan fingerprint density at radius 3 is 0.747 bits per heavy atom. The third-order valence-electron chi connectivity index (χ3n) is 20.7. The highest BCUT2D eigenvalue weighted by molar-refractivity contribution is 5.70. The van der Waals surface area contributed by atoms with Crippen molar-refractivity contribution in [3.05, 3.63) is 24.3 Å². The van der Waals surface area contributed by atoms with Crippen molar-refractivity contribution < 1.29 is 42.9 Å². The van der Waals surface area contributed by atoms with Crippen molar-refractivity contribution in [3.63, 3.8) is 0 Å². The molecule has 99 heavy (non-hydrogen) atoms. The fourth-order valence-electron chi connectivity index (χ4n) is 13.9. The second-order valence-corrected chi connectivity index (χ2v) is 31.9. The van der Waals surface area contributed by atoms with Crippen molar-refractivity contribution in [2.75, 3.05) is 47.5 Å². The Kier molecular flexibility index (Phi) is 79.6. The van der Waals surface area contributed by atoms with E-state index in [0.717, 1.165) is 38.5 Å². The number of unbranched alkanes of at least 4 members (excludes halogenated alkanes) is 66. The van der Waals surface area contributed by atoms with Gasteiger partial charge >= 0.3 is 11.9 Å². The van der Waals surface area contributed by atoms with Gasteiger partial charge in [0.05, 0.1) is 40.3 Å². The number of nitrogens with zero attached hydrogens (tertiary/aromatic N) is 1. The van der Waals surface area contributed by atoms with E-state index in [1.54, 1.807) is 0 Å². The molecular formula is C90H173NO8. The molecule has 0 saturated carbocycles. The highest BCUT2D eigenvalue weighted by Crippen LogP contribution is 2.21. The van der Waals surface area contributed by atoms with Crippen molar-refractivity contribution in [1.29, 1.82) is 0 Å². The van der Waals surface area contributed by atoms with Crippen LogP contribution < -0.4 is 5.11 Å². The average molecular weight is 1400 g/mol. The molecule has 0 saturated heterocycles. The summed E-state index contributed by atoms with van der Waals surface area (Å²) in [5.41, 5.74) is 0. The molecule has 0 heterocycles. The molecular weight excluding hydrogens is 1220 g/mol. The Labute approximate surface area is 618 Å². The van der Waals surface area contributed by atoms with Gasteiger partial charge in [0.15, 0.2) is 12.4 Å². The Balaban J connectivity index is 3.89. The molecule has 2 unspecified atom stereocenters. The van der Waals surface area contributed by atoms with E-state index in [9.17, 15) is 19.5 Å². The van der Waals surface area contributed by atoms with E-state index in [1.165, 1.54) is 411 Å². The number of likely N-dealkylation sites (N-methyl/N-ethyl adjacent to an activating group) is 1. The number of quaternary nitrogens is 1. The number of ether oxygens (including phenoxy) is 4. The van der Waals surface area contributed by atoms with Gasteiger partial charge in [-0.3, -0.25) is 9.59 Å². The molecule has 0 N–H and O–H groups in total. The zero-order valence-corrected chi connectivity index (χ0v) is 67.4. The Hall–Kier alpha value is -2.23. The largest absolute Gasteiger partial charge is 0.545 e. The summed E-state index contributed by atoms with van der Waals surface area (Å²) >= 11 is 0. The number of allylic oxidation sites excluding steroid dienone is 4. The summed E-state index contributed by atoms with van der Waals surface area (Å²) in [6.45, 7) is 4.84. The summed E-state index contributed by atoms with van der Waals surface area (Å²) in [6.07, 6.45) is 102. The number of rotatable bonds is 85. The number of hydrogen-bond acceptors (Lipinski definition) is 8. The zero-order chi connectivity index (χ0) is 71.8. The first-order chi connectivity index (χ1) is 48.6. The lowest BCUT2D eigenvalue weighted by atomic mass is 10.0. The molecule has 0 radical (unpaired) electrons. The maximum atomic E-state index is 13.0. The molecule has 2 atom stereocenters. The number of esters is 2. The Bertz CT molecular complexity index is 1680. The smallest absolute Gasteiger partial charge is 0.306 e. The van der Waals surface area contributed by atoms with Crippen LogP contribution in [0.1, 0.15) is 476 Å². The van der Waals surface area contributed by atoms with Gasteiger partial charge in [0, 0.05) is 12.8 Å². The van der Waals surface area contributed by atoms with E-state index in [0.29, 0.717) is 17.4 Å². The van der Waals surface area contributed by atoms with Crippen molar-refractivity contribution in [2.24, 2.45) is 0 Å². The molecule has 0 amide bonds. The number of carboxylic acid groups (broad SMARTS) is 1. The summed E-state index contributed by atoms with van der Waals surface area (Å²) in [5.74, 6) is -2.24. The average Bonchev–Trinajstić information content (AvgIpc) is 2.62. The molecule has 0 aliphatic carbocycles. The van der Waals surface area contributed by atoms with Gasteiger partial charge in [0.1, 0.15) is 13.2 Å². The molecule has 0 aromatic carbocycles. The first-order valence-corrected chi connectivity index (χ1v) is 44.5. The minimum atomic E-state index is -1.62. The maximum absolute atomic E-state index is 13.0. The molecule has 0 bridgehead atoms. The predicted octanol–water partition coefficient (Wildman–Crippen LogP) is 27.5. The van der Waals surface area contributed by atoms with Gasteiger partial charge in [-0.15, -0.1) is 0 Å². The summed E-state index contributed by atoms with van der Waals surface area (Å²) in [4.78, 5) is 37.7. The minimum Gasteiger partial charge on any atom is -0.545 e. The number of aliphatic carboxylic acids is 1. The van der Waals surface area contributed by atoms with Crippen LogP contribution in [0, 0.1) is 0 Å². The third-order valence-corrected chi connectivity index (χ3v) is 20.7. The van der Waals surface area contributed by atoms with Crippen LogP contribution in [0.5, 0.6) is 0 Å². The fourth-order valence-corrected chi connectivity index (χ4v) is 13.9. The second kappa shape index (κ2) is 81.4. The molecule has 0 rings (SSSR count). The standard InChI is InChI=1S/C90H173NO8/c1-6-8-10-12-14-16-18-20-22-24-26-28-30-32-34-36-38-40-41-42-43-44-45-46-47-49-51-53-55-57-59-61-63-65-67-69-71-73-75-77-79-81-88(93)99-86(85-98-90(89(94)95)96-83-82-91(3,4)5)84-97-87(92)80-78-76-74-72-70-68-66-64-62-60-58-56-54-52-50-48-39-37-35-33-31-29-27-25-23-21-19-17-15-13-11-9-7-2/h24-27,86,90H,6-23,28-85H2,1-5H3/b26-24-,27-25-. The summed E-state index contributed by atoms with van der Waals surface area (Å²) in [7, 11) is 5.96. The van der Waals surface area contributed by atoms with Crippen LogP contribution in [0.2, 0.25) is 0 Å². The Morgan fingerprint density at radius 1 is 0.293 bits per heavy atom. The van der Waals surface area contributed by atoms with Gasteiger partial charge in [0.25, 0.3) is 0 Å². The highest BCUT2D eigenvalue weighted by Gasteiger charge is 2.22.